The van der Waals surface area contributed by atoms with Gasteiger partial charge in [0.2, 0.25) is 0 Å². The van der Waals surface area contributed by atoms with E-state index in [1.165, 1.54) is 0 Å². The molecular weight excluding hydrogens is 256 g/mol. The second-order valence-electron chi connectivity index (χ2n) is 3.37. The van der Waals surface area contributed by atoms with Crippen LogP contribution in [0, 0.1) is 0 Å². The van der Waals surface area contributed by atoms with Gasteiger partial charge in [0.1, 0.15) is 0 Å². The monoisotopic (exact) mass is 268 g/mol. The van der Waals surface area contributed by atoms with Crippen molar-refractivity contribution in [2.75, 3.05) is 24.2 Å². The van der Waals surface area contributed by atoms with Crippen molar-refractivity contribution >= 4 is 32.9 Å². The van der Waals surface area contributed by atoms with Crippen LogP contribution in [0.3, 0.4) is 0 Å². The lowest BCUT2D eigenvalue weighted by molar-refractivity contribution is 0.270. The lowest BCUT2D eigenvalue weighted by Gasteiger charge is -2.04. The molecule has 0 unspecified atom stereocenters. The van der Waals surface area contributed by atoms with Crippen molar-refractivity contribution in [1.82, 2.24) is 0 Å². The average molecular weight is 269 g/mol. The minimum absolute atomic E-state index is 0.683. The van der Waals surface area contributed by atoms with Gasteiger partial charge in [0, 0.05) is 22.2 Å². The van der Waals surface area contributed by atoms with Crippen molar-refractivity contribution < 1.29 is 4.74 Å². The molecule has 3 nitrogen and oxygen atoms in total. The van der Waals surface area contributed by atoms with E-state index in [0.29, 0.717) is 6.61 Å². The predicted molar refractivity (Wildman–Crippen MR) is 66.6 cm³/mol. The third kappa shape index (κ3) is 1.95. The molecule has 0 spiro atoms. The number of hydrogen-bond acceptors (Lipinski definition) is 3. The molecule has 0 saturated carbocycles. The molecule has 4 heteroatoms. The van der Waals surface area contributed by atoms with E-state index in [9.17, 15) is 0 Å². The van der Waals surface area contributed by atoms with Crippen LogP contribution >= 0.6 is 15.9 Å². The van der Waals surface area contributed by atoms with Crippen molar-refractivity contribution in [3.63, 3.8) is 0 Å². The van der Waals surface area contributed by atoms with E-state index in [4.69, 9.17) is 10.5 Å². The van der Waals surface area contributed by atoms with Gasteiger partial charge >= 0.3 is 0 Å². The highest BCUT2D eigenvalue weighted by Gasteiger charge is 2.18. The number of rotatable bonds is 2. The summed E-state index contributed by atoms with van der Waals surface area (Å²) in [5, 5.41) is 3.26. The Morgan fingerprint density at radius 1 is 1.60 bits per heavy atom. The molecule has 3 N–H and O–H groups in total. The van der Waals surface area contributed by atoms with Crippen molar-refractivity contribution in [3.05, 3.63) is 28.4 Å². The number of ether oxygens (including phenoxy) is 1. The van der Waals surface area contributed by atoms with E-state index in [1.54, 1.807) is 6.26 Å². The molecule has 0 amide bonds. The number of benzene rings is 1. The van der Waals surface area contributed by atoms with Crippen LogP contribution in [0.1, 0.15) is 12.5 Å². The topological polar surface area (TPSA) is 47.3 Å². The van der Waals surface area contributed by atoms with Crippen LogP contribution < -0.4 is 11.1 Å². The SMILES string of the molecule is CCOC=C1CNc2c(N)cc(Br)cc21. The van der Waals surface area contributed by atoms with Crippen molar-refractivity contribution in [1.29, 1.82) is 0 Å². The van der Waals surface area contributed by atoms with Gasteiger partial charge in [-0.1, -0.05) is 15.9 Å². The number of hydrogen-bond donors (Lipinski definition) is 2. The minimum Gasteiger partial charge on any atom is -0.501 e. The molecule has 0 atom stereocenters. The number of anilines is 2. The maximum absolute atomic E-state index is 5.90. The van der Waals surface area contributed by atoms with Crippen LogP contribution in [-0.4, -0.2) is 13.2 Å². The van der Waals surface area contributed by atoms with E-state index in [0.717, 1.165) is 33.5 Å². The highest BCUT2D eigenvalue weighted by Crippen LogP contribution is 2.37. The molecule has 15 heavy (non-hydrogen) atoms. The Morgan fingerprint density at radius 2 is 2.40 bits per heavy atom. The van der Waals surface area contributed by atoms with Crippen LogP contribution in [-0.2, 0) is 4.74 Å². The lowest BCUT2D eigenvalue weighted by atomic mass is 10.1. The summed E-state index contributed by atoms with van der Waals surface area (Å²) in [5.74, 6) is 0. The average Bonchev–Trinajstić information content (AvgIpc) is 2.58. The Labute approximate surface area is 97.4 Å². The smallest absolute Gasteiger partial charge is 0.0885 e. The number of nitrogen functional groups attached to an aromatic ring is 1. The Balaban J connectivity index is 2.41. The zero-order valence-corrected chi connectivity index (χ0v) is 10.1. The van der Waals surface area contributed by atoms with Gasteiger partial charge in [0.25, 0.3) is 0 Å². The van der Waals surface area contributed by atoms with Gasteiger partial charge in [0.15, 0.2) is 0 Å². The molecular formula is C11H13BrN2O. The van der Waals surface area contributed by atoms with Gasteiger partial charge in [0.05, 0.1) is 24.2 Å². The normalized spacial score (nSPS) is 16.3. The van der Waals surface area contributed by atoms with Gasteiger partial charge in [-0.2, -0.15) is 0 Å². The fourth-order valence-corrected chi connectivity index (χ4v) is 2.12. The summed E-state index contributed by atoms with van der Waals surface area (Å²) in [4.78, 5) is 0. The third-order valence-electron chi connectivity index (χ3n) is 2.33. The van der Waals surface area contributed by atoms with E-state index in [-0.39, 0.29) is 0 Å². The highest BCUT2D eigenvalue weighted by molar-refractivity contribution is 9.10. The van der Waals surface area contributed by atoms with Crippen LogP contribution in [0.4, 0.5) is 11.4 Å². The molecule has 0 aromatic heterocycles. The van der Waals surface area contributed by atoms with Gasteiger partial charge in [-0.05, 0) is 19.1 Å². The number of nitrogens with one attached hydrogen (secondary N) is 1. The third-order valence-corrected chi connectivity index (χ3v) is 2.79. The number of nitrogens with two attached hydrogens (primary N) is 1. The summed E-state index contributed by atoms with van der Waals surface area (Å²) in [6.45, 7) is 3.42. The summed E-state index contributed by atoms with van der Waals surface area (Å²) < 4.78 is 6.29. The van der Waals surface area contributed by atoms with Crippen LogP contribution in [0.15, 0.2) is 22.9 Å². The summed E-state index contributed by atoms with van der Waals surface area (Å²) in [6.07, 6.45) is 1.80. The fraction of sp³-hybridized carbons (Fsp3) is 0.273. The molecule has 1 aliphatic rings. The Hall–Kier alpha value is -1.16. The summed E-state index contributed by atoms with van der Waals surface area (Å²) in [5.41, 5.74) is 9.93. The molecule has 0 radical (unpaired) electrons. The van der Waals surface area contributed by atoms with E-state index < -0.39 is 0 Å². The number of halogens is 1. The minimum atomic E-state index is 0.683. The quantitative estimate of drug-likeness (QED) is 0.641. The Kier molecular flexibility index (Phi) is 2.86. The molecule has 2 rings (SSSR count). The molecule has 1 aromatic carbocycles. The first-order chi connectivity index (χ1) is 7.22. The lowest BCUT2D eigenvalue weighted by Crippen LogP contribution is -1.95. The fourth-order valence-electron chi connectivity index (χ4n) is 1.65. The number of fused-ring (bicyclic) bond motifs is 1. The van der Waals surface area contributed by atoms with Gasteiger partial charge < -0.3 is 15.8 Å². The predicted octanol–water partition coefficient (Wildman–Crippen LogP) is 2.83. The van der Waals surface area contributed by atoms with Gasteiger partial charge in [-0.15, -0.1) is 0 Å². The first-order valence-electron chi connectivity index (χ1n) is 4.86. The summed E-state index contributed by atoms with van der Waals surface area (Å²) >= 11 is 3.44. The molecule has 1 heterocycles. The van der Waals surface area contributed by atoms with Crippen LogP contribution in [0.5, 0.6) is 0 Å². The van der Waals surface area contributed by atoms with Crippen molar-refractivity contribution in [2.24, 2.45) is 0 Å². The highest BCUT2D eigenvalue weighted by atomic mass is 79.9. The van der Waals surface area contributed by atoms with Crippen LogP contribution in [0.25, 0.3) is 5.57 Å². The molecule has 0 saturated heterocycles. The molecule has 1 aromatic rings. The Bertz CT molecular complexity index is 415. The van der Waals surface area contributed by atoms with E-state index in [2.05, 4.69) is 27.3 Å². The molecule has 0 fully saturated rings. The molecule has 0 aliphatic carbocycles. The first kappa shape index (κ1) is 10.4. The zero-order chi connectivity index (χ0) is 10.8. The molecule has 80 valence electrons. The standard InChI is InChI=1S/C11H13BrN2O/c1-2-15-6-7-5-14-11-9(7)3-8(12)4-10(11)13/h3-4,6,14H,2,5,13H2,1H3. The van der Waals surface area contributed by atoms with Gasteiger partial charge in [-0.3, -0.25) is 0 Å². The largest absolute Gasteiger partial charge is 0.501 e. The Morgan fingerprint density at radius 3 is 3.13 bits per heavy atom. The molecule has 0 bridgehead atoms. The maximum Gasteiger partial charge on any atom is 0.0885 e. The van der Waals surface area contributed by atoms with Crippen molar-refractivity contribution in [3.8, 4) is 0 Å². The van der Waals surface area contributed by atoms with Crippen molar-refractivity contribution in [2.45, 2.75) is 6.92 Å². The summed E-state index contributed by atoms with van der Waals surface area (Å²) in [6, 6.07) is 3.95. The van der Waals surface area contributed by atoms with E-state index >= 15 is 0 Å². The second-order valence-corrected chi connectivity index (χ2v) is 4.29. The first-order valence-corrected chi connectivity index (χ1v) is 5.65. The summed E-state index contributed by atoms with van der Waals surface area (Å²) in [7, 11) is 0. The van der Waals surface area contributed by atoms with E-state index in [1.807, 2.05) is 13.0 Å². The van der Waals surface area contributed by atoms with Crippen LogP contribution in [0.2, 0.25) is 0 Å². The molecule has 1 aliphatic heterocycles. The second kappa shape index (κ2) is 4.14. The zero-order valence-electron chi connectivity index (χ0n) is 8.51. The van der Waals surface area contributed by atoms with Gasteiger partial charge in [-0.25, -0.2) is 0 Å². The maximum atomic E-state index is 5.90.